The van der Waals surface area contributed by atoms with E-state index >= 15 is 0 Å². The minimum Gasteiger partial charge on any atom is -0.493 e. The first kappa shape index (κ1) is 18.9. The summed E-state index contributed by atoms with van der Waals surface area (Å²) in [6, 6.07) is 5.91. The lowest BCUT2D eigenvalue weighted by molar-refractivity contribution is 0.0921. The quantitative estimate of drug-likeness (QED) is 0.813. The van der Waals surface area contributed by atoms with Crippen molar-refractivity contribution in [1.82, 2.24) is 10.2 Å². The summed E-state index contributed by atoms with van der Waals surface area (Å²) in [4.78, 5) is 14.9. The van der Waals surface area contributed by atoms with Gasteiger partial charge < -0.3 is 10.1 Å². The highest BCUT2D eigenvalue weighted by molar-refractivity contribution is 5.98. The van der Waals surface area contributed by atoms with Crippen LogP contribution in [-0.4, -0.2) is 50.0 Å². The Kier molecular flexibility index (Phi) is 6.41. The Labute approximate surface area is 146 Å². The van der Waals surface area contributed by atoms with Crippen LogP contribution in [0.3, 0.4) is 0 Å². The molecule has 1 aliphatic heterocycles. The molecule has 2 rings (SSSR count). The minimum atomic E-state index is -0.0579. The molecule has 1 saturated heterocycles. The maximum atomic E-state index is 12.7. The molecular weight excluding hydrogens is 300 g/mol. The number of hydrogen-bond acceptors (Lipinski definition) is 4. The van der Waals surface area contributed by atoms with Crippen molar-refractivity contribution in [3.8, 4) is 5.75 Å². The van der Waals surface area contributed by atoms with Crippen LogP contribution >= 0.6 is 0 Å². The van der Waals surface area contributed by atoms with Crippen molar-refractivity contribution in [3.05, 3.63) is 29.3 Å². The van der Waals surface area contributed by atoms with Crippen LogP contribution in [-0.2, 0) is 5.41 Å². The molecule has 0 bridgehead atoms. The van der Waals surface area contributed by atoms with E-state index < -0.39 is 0 Å². The summed E-state index contributed by atoms with van der Waals surface area (Å²) in [6.07, 6.45) is 0. The molecule has 0 amide bonds. The largest absolute Gasteiger partial charge is 0.493 e. The third-order valence-corrected chi connectivity index (χ3v) is 4.26. The highest BCUT2D eigenvalue weighted by atomic mass is 16.5. The summed E-state index contributed by atoms with van der Waals surface area (Å²) in [6.45, 7) is 15.8. The topological polar surface area (TPSA) is 41.6 Å². The van der Waals surface area contributed by atoms with Crippen molar-refractivity contribution in [2.75, 3.05) is 39.3 Å². The van der Waals surface area contributed by atoms with Crippen LogP contribution in [0, 0.1) is 5.92 Å². The van der Waals surface area contributed by atoms with Gasteiger partial charge >= 0.3 is 0 Å². The number of piperazine rings is 1. The first-order valence-electron chi connectivity index (χ1n) is 9.01. The van der Waals surface area contributed by atoms with E-state index in [1.54, 1.807) is 0 Å². The van der Waals surface area contributed by atoms with Crippen molar-refractivity contribution in [2.24, 2.45) is 5.92 Å². The van der Waals surface area contributed by atoms with Gasteiger partial charge in [-0.3, -0.25) is 9.69 Å². The second-order valence-electron chi connectivity index (χ2n) is 8.12. The van der Waals surface area contributed by atoms with Crippen LogP contribution in [0.15, 0.2) is 18.2 Å². The molecule has 0 aliphatic carbocycles. The van der Waals surface area contributed by atoms with E-state index in [0.29, 0.717) is 19.1 Å². The number of ether oxygens (including phenoxy) is 1. The van der Waals surface area contributed by atoms with Gasteiger partial charge in [0.25, 0.3) is 0 Å². The minimum absolute atomic E-state index is 0.0579. The number of rotatable bonds is 6. The lowest BCUT2D eigenvalue weighted by Crippen LogP contribution is -2.45. The van der Waals surface area contributed by atoms with Gasteiger partial charge in [0.05, 0.1) is 13.2 Å². The van der Waals surface area contributed by atoms with Crippen LogP contribution < -0.4 is 10.1 Å². The molecule has 0 radical (unpaired) electrons. The maximum Gasteiger partial charge on any atom is 0.176 e. The molecule has 1 aliphatic rings. The summed E-state index contributed by atoms with van der Waals surface area (Å²) >= 11 is 0. The molecule has 1 fully saturated rings. The Bertz CT molecular complexity index is 555. The van der Waals surface area contributed by atoms with Gasteiger partial charge in [-0.15, -0.1) is 0 Å². The molecule has 1 aromatic rings. The lowest BCUT2D eigenvalue weighted by Gasteiger charge is -2.27. The second kappa shape index (κ2) is 8.13. The molecular formula is C20H32N2O2. The average molecular weight is 332 g/mol. The third kappa shape index (κ3) is 5.32. The van der Waals surface area contributed by atoms with Crippen molar-refractivity contribution >= 4 is 5.78 Å². The fourth-order valence-electron chi connectivity index (χ4n) is 2.84. The Hall–Kier alpha value is -1.39. The maximum absolute atomic E-state index is 12.7. The summed E-state index contributed by atoms with van der Waals surface area (Å²) < 4.78 is 5.98. The zero-order valence-corrected chi connectivity index (χ0v) is 15.8. The van der Waals surface area contributed by atoms with Crippen LogP contribution in [0.2, 0.25) is 0 Å². The number of benzene rings is 1. The zero-order valence-electron chi connectivity index (χ0n) is 15.8. The summed E-state index contributed by atoms with van der Waals surface area (Å²) in [5, 5.41) is 3.32. The number of nitrogens with one attached hydrogen (secondary N) is 1. The highest BCUT2D eigenvalue weighted by Crippen LogP contribution is 2.32. The van der Waals surface area contributed by atoms with Gasteiger partial charge in [0, 0.05) is 37.3 Å². The summed E-state index contributed by atoms with van der Waals surface area (Å²) in [7, 11) is 0. The molecule has 134 valence electrons. The van der Waals surface area contributed by atoms with Crippen molar-refractivity contribution < 1.29 is 9.53 Å². The zero-order chi connectivity index (χ0) is 17.7. The fourth-order valence-corrected chi connectivity index (χ4v) is 2.84. The van der Waals surface area contributed by atoms with Crippen molar-refractivity contribution in [3.63, 3.8) is 0 Å². The number of nitrogens with zero attached hydrogens (tertiary/aromatic N) is 1. The Morgan fingerprint density at radius 3 is 2.50 bits per heavy atom. The predicted molar refractivity (Wildman–Crippen MR) is 99.1 cm³/mol. The normalized spacial score (nSPS) is 16.4. The number of Topliss-reactive ketones (excluding diaryl/α,β-unsaturated/α-hetero) is 1. The first-order valence-corrected chi connectivity index (χ1v) is 9.01. The molecule has 1 N–H and O–H groups in total. The van der Waals surface area contributed by atoms with Crippen LogP contribution in [0.1, 0.15) is 50.5 Å². The third-order valence-electron chi connectivity index (χ3n) is 4.26. The predicted octanol–water partition coefficient (Wildman–Crippen LogP) is 3.11. The Morgan fingerprint density at radius 2 is 1.92 bits per heavy atom. The molecule has 24 heavy (non-hydrogen) atoms. The van der Waals surface area contributed by atoms with E-state index in [2.05, 4.69) is 44.8 Å². The SMILES string of the molecule is CC(C)COc1ccc(C(=O)CN2CCNCC2)cc1C(C)(C)C. The smallest absolute Gasteiger partial charge is 0.176 e. The standard InChI is InChI=1S/C20H32N2O2/c1-15(2)14-24-19-7-6-16(12-17(19)20(3,4)5)18(23)13-22-10-8-21-9-11-22/h6-7,12,15,21H,8-11,13-14H2,1-5H3. The van der Waals surface area contributed by atoms with E-state index in [4.69, 9.17) is 4.74 Å². The van der Waals surface area contributed by atoms with Crippen molar-refractivity contribution in [2.45, 2.75) is 40.0 Å². The van der Waals surface area contributed by atoms with E-state index in [9.17, 15) is 4.79 Å². The van der Waals surface area contributed by atoms with Crippen LogP contribution in [0.5, 0.6) is 5.75 Å². The molecule has 0 unspecified atom stereocenters. The van der Waals surface area contributed by atoms with Gasteiger partial charge in [-0.25, -0.2) is 0 Å². The van der Waals surface area contributed by atoms with Gasteiger partial charge in [0.15, 0.2) is 5.78 Å². The van der Waals surface area contributed by atoms with Crippen LogP contribution in [0.4, 0.5) is 0 Å². The molecule has 1 aromatic carbocycles. The number of ketones is 1. The molecule has 0 atom stereocenters. The van der Waals surface area contributed by atoms with Crippen molar-refractivity contribution in [1.29, 1.82) is 0 Å². The molecule has 0 saturated carbocycles. The second-order valence-corrected chi connectivity index (χ2v) is 8.12. The van der Waals surface area contributed by atoms with Crippen LogP contribution in [0.25, 0.3) is 0 Å². The number of carbonyl (C=O) groups is 1. The van der Waals surface area contributed by atoms with E-state index in [0.717, 1.165) is 43.1 Å². The average Bonchev–Trinajstić information content (AvgIpc) is 2.52. The highest BCUT2D eigenvalue weighted by Gasteiger charge is 2.22. The van der Waals surface area contributed by atoms with E-state index in [-0.39, 0.29) is 11.2 Å². The molecule has 4 heteroatoms. The first-order chi connectivity index (χ1) is 11.3. The molecule has 1 heterocycles. The molecule has 4 nitrogen and oxygen atoms in total. The fraction of sp³-hybridized carbons (Fsp3) is 0.650. The van der Waals surface area contributed by atoms with Gasteiger partial charge in [-0.1, -0.05) is 34.6 Å². The summed E-state index contributed by atoms with van der Waals surface area (Å²) in [5.41, 5.74) is 1.84. The Balaban J connectivity index is 2.16. The van der Waals surface area contributed by atoms with Gasteiger partial charge in [0.1, 0.15) is 5.75 Å². The van der Waals surface area contributed by atoms with Gasteiger partial charge in [-0.05, 0) is 29.5 Å². The van der Waals surface area contributed by atoms with Gasteiger partial charge in [0.2, 0.25) is 0 Å². The van der Waals surface area contributed by atoms with E-state index in [1.165, 1.54) is 0 Å². The molecule has 0 aromatic heterocycles. The summed E-state index contributed by atoms with van der Waals surface area (Å²) in [5.74, 6) is 1.57. The number of carbonyl (C=O) groups excluding carboxylic acids is 1. The van der Waals surface area contributed by atoms with E-state index in [1.807, 2.05) is 18.2 Å². The molecule has 0 spiro atoms. The number of hydrogen-bond donors (Lipinski definition) is 1. The Morgan fingerprint density at radius 1 is 1.25 bits per heavy atom. The monoisotopic (exact) mass is 332 g/mol. The van der Waals surface area contributed by atoms with Gasteiger partial charge in [-0.2, -0.15) is 0 Å². The lowest BCUT2D eigenvalue weighted by atomic mass is 9.85.